The molecule has 2 aromatic heterocycles. The normalized spacial score (nSPS) is 10.3. The van der Waals surface area contributed by atoms with Crippen LogP contribution in [0, 0.1) is 0 Å². The van der Waals surface area contributed by atoms with Gasteiger partial charge >= 0.3 is 6.92 Å². The Morgan fingerprint density at radius 1 is 1.40 bits per heavy atom. The molecule has 0 radical (unpaired) electrons. The number of hydrogen-bond donors (Lipinski definition) is 1. The number of aryl methyl sites for hydroxylation is 1. The van der Waals surface area contributed by atoms with Crippen molar-refractivity contribution in [3.63, 3.8) is 0 Å². The van der Waals surface area contributed by atoms with E-state index in [-0.39, 0.29) is 0 Å². The van der Waals surface area contributed by atoms with Crippen molar-refractivity contribution in [1.29, 1.82) is 0 Å². The van der Waals surface area contributed by atoms with E-state index in [0.717, 1.165) is 5.46 Å². The zero-order valence-corrected chi connectivity index (χ0v) is 8.49. The fourth-order valence-electron chi connectivity index (χ4n) is 1.17. The SMILES string of the molecule is CB(O)c1ccc(-c2nnn(C)n2)nc1. The van der Waals surface area contributed by atoms with E-state index in [1.807, 2.05) is 0 Å². The highest BCUT2D eigenvalue weighted by molar-refractivity contribution is 6.64. The van der Waals surface area contributed by atoms with Crippen LogP contribution in [0.5, 0.6) is 0 Å². The number of hydrogen-bond acceptors (Lipinski definition) is 5. The minimum atomic E-state index is -0.513. The Balaban J connectivity index is 2.31. The molecular formula is C8H10BN5O. The second kappa shape index (κ2) is 3.78. The Kier molecular flexibility index (Phi) is 2.46. The van der Waals surface area contributed by atoms with Crippen molar-refractivity contribution in [3.8, 4) is 11.5 Å². The fourth-order valence-corrected chi connectivity index (χ4v) is 1.17. The second-order valence-electron chi connectivity index (χ2n) is 3.26. The maximum atomic E-state index is 9.30. The Hall–Kier alpha value is -1.76. The molecule has 2 aromatic rings. The van der Waals surface area contributed by atoms with Crippen molar-refractivity contribution < 1.29 is 5.02 Å². The van der Waals surface area contributed by atoms with E-state index >= 15 is 0 Å². The highest BCUT2D eigenvalue weighted by Crippen LogP contribution is 2.06. The molecule has 76 valence electrons. The van der Waals surface area contributed by atoms with Crippen LogP contribution < -0.4 is 5.46 Å². The standard InChI is InChI=1S/C8H10BN5O/c1-9(15)6-3-4-7(10-5-6)8-11-13-14(2)12-8/h3-5,15H,1-2H3. The molecule has 15 heavy (non-hydrogen) atoms. The quantitative estimate of drug-likeness (QED) is 0.639. The molecule has 1 N–H and O–H groups in total. The van der Waals surface area contributed by atoms with Crippen molar-refractivity contribution in [2.24, 2.45) is 7.05 Å². The summed E-state index contributed by atoms with van der Waals surface area (Å²) in [5.74, 6) is 0.481. The molecule has 0 saturated carbocycles. The first-order valence-electron chi connectivity index (χ1n) is 4.55. The lowest BCUT2D eigenvalue weighted by molar-refractivity contribution is 0.594. The highest BCUT2D eigenvalue weighted by Gasteiger charge is 2.09. The second-order valence-corrected chi connectivity index (χ2v) is 3.26. The van der Waals surface area contributed by atoms with Crippen LogP contribution in [0.4, 0.5) is 0 Å². The highest BCUT2D eigenvalue weighted by atomic mass is 16.2. The van der Waals surface area contributed by atoms with E-state index in [4.69, 9.17) is 0 Å². The monoisotopic (exact) mass is 203 g/mol. The fraction of sp³-hybridized carbons (Fsp3) is 0.250. The summed E-state index contributed by atoms with van der Waals surface area (Å²) in [5.41, 5.74) is 1.41. The summed E-state index contributed by atoms with van der Waals surface area (Å²) in [5, 5.41) is 20.9. The molecule has 0 unspecified atom stereocenters. The van der Waals surface area contributed by atoms with Crippen molar-refractivity contribution in [3.05, 3.63) is 18.3 Å². The number of rotatable bonds is 2. The van der Waals surface area contributed by atoms with Gasteiger partial charge in [-0.25, -0.2) is 0 Å². The van der Waals surface area contributed by atoms with Gasteiger partial charge in [0.15, 0.2) is 0 Å². The lowest BCUT2D eigenvalue weighted by Gasteiger charge is -1.99. The smallest absolute Gasteiger partial charge is 0.321 e. The lowest BCUT2D eigenvalue weighted by Crippen LogP contribution is -2.26. The number of aromatic nitrogens is 5. The maximum absolute atomic E-state index is 9.30. The molecule has 0 amide bonds. The topological polar surface area (TPSA) is 76.7 Å². The van der Waals surface area contributed by atoms with Gasteiger partial charge < -0.3 is 5.02 Å². The first-order valence-corrected chi connectivity index (χ1v) is 4.55. The van der Waals surface area contributed by atoms with Crippen molar-refractivity contribution >= 4 is 12.4 Å². The van der Waals surface area contributed by atoms with Crippen LogP contribution >= 0.6 is 0 Å². The van der Waals surface area contributed by atoms with Gasteiger partial charge in [0, 0.05) is 6.20 Å². The largest absolute Gasteiger partial charge is 0.446 e. The van der Waals surface area contributed by atoms with E-state index in [9.17, 15) is 5.02 Å². The van der Waals surface area contributed by atoms with Crippen LogP contribution in [0.15, 0.2) is 18.3 Å². The zero-order valence-electron chi connectivity index (χ0n) is 8.49. The summed E-state index contributed by atoms with van der Waals surface area (Å²) in [6.45, 7) is 1.18. The Labute approximate surface area is 87.1 Å². The predicted molar refractivity (Wildman–Crippen MR) is 55.5 cm³/mol. The van der Waals surface area contributed by atoms with Gasteiger partial charge in [0.25, 0.3) is 0 Å². The Morgan fingerprint density at radius 2 is 2.20 bits per heavy atom. The summed E-state index contributed by atoms with van der Waals surface area (Å²) in [6.07, 6.45) is 1.61. The molecule has 0 aromatic carbocycles. The zero-order chi connectivity index (χ0) is 10.8. The molecule has 0 bridgehead atoms. The van der Waals surface area contributed by atoms with Gasteiger partial charge in [-0.2, -0.15) is 4.80 Å². The molecule has 0 atom stereocenters. The van der Waals surface area contributed by atoms with Crippen LogP contribution in [0.2, 0.25) is 6.82 Å². The van der Waals surface area contributed by atoms with E-state index in [1.54, 1.807) is 32.2 Å². The van der Waals surface area contributed by atoms with Crippen molar-refractivity contribution in [2.75, 3.05) is 0 Å². The first kappa shape index (κ1) is 9.79. The van der Waals surface area contributed by atoms with Crippen LogP contribution in [0.25, 0.3) is 11.5 Å². The van der Waals surface area contributed by atoms with Crippen LogP contribution in [0.3, 0.4) is 0 Å². The maximum Gasteiger partial charge on any atom is 0.321 e. The van der Waals surface area contributed by atoms with Gasteiger partial charge in [0.1, 0.15) is 5.69 Å². The van der Waals surface area contributed by atoms with E-state index in [2.05, 4.69) is 20.4 Å². The average Bonchev–Trinajstić information content (AvgIpc) is 2.65. The van der Waals surface area contributed by atoms with Gasteiger partial charge in [0.05, 0.1) is 7.05 Å². The van der Waals surface area contributed by atoms with Crippen LogP contribution in [0.1, 0.15) is 0 Å². The lowest BCUT2D eigenvalue weighted by atomic mass is 9.65. The number of pyridine rings is 1. The molecule has 2 rings (SSSR count). The minimum absolute atomic E-state index is 0.481. The van der Waals surface area contributed by atoms with Gasteiger partial charge in [-0.3, -0.25) is 4.98 Å². The van der Waals surface area contributed by atoms with Gasteiger partial charge in [-0.05, 0) is 16.7 Å². The molecule has 2 heterocycles. The van der Waals surface area contributed by atoms with Gasteiger partial charge in [0.2, 0.25) is 5.82 Å². The summed E-state index contributed by atoms with van der Waals surface area (Å²) in [4.78, 5) is 5.52. The third-order valence-electron chi connectivity index (χ3n) is 2.01. The summed E-state index contributed by atoms with van der Waals surface area (Å²) in [6, 6.07) is 3.56. The molecular weight excluding hydrogens is 193 g/mol. The van der Waals surface area contributed by atoms with E-state index in [0.29, 0.717) is 11.5 Å². The van der Waals surface area contributed by atoms with Crippen LogP contribution in [-0.4, -0.2) is 37.1 Å². The third-order valence-corrected chi connectivity index (χ3v) is 2.01. The summed E-state index contributed by atoms with van der Waals surface area (Å²) in [7, 11) is 1.70. The van der Waals surface area contributed by atoms with E-state index in [1.165, 1.54) is 4.80 Å². The molecule has 0 saturated heterocycles. The Morgan fingerprint density at radius 3 is 2.67 bits per heavy atom. The van der Waals surface area contributed by atoms with E-state index < -0.39 is 6.92 Å². The molecule has 0 aliphatic heterocycles. The molecule has 0 aliphatic carbocycles. The van der Waals surface area contributed by atoms with Gasteiger partial charge in [-0.15, -0.1) is 10.2 Å². The molecule has 0 fully saturated rings. The summed E-state index contributed by atoms with van der Waals surface area (Å²) < 4.78 is 0. The molecule has 0 spiro atoms. The molecule has 6 nitrogen and oxygen atoms in total. The number of nitrogens with zero attached hydrogens (tertiary/aromatic N) is 5. The third kappa shape index (κ3) is 2.02. The van der Waals surface area contributed by atoms with Crippen LogP contribution in [-0.2, 0) is 7.05 Å². The first-order chi connectivity index (χ1) is 7.16. The van der Waals surface area contributed by atoms with Gasteiger partial charge in [-0.1, -0.05) is 12.9 Å². The van der Waals surface area contributed by atoms with Crippen molar-refractivity contribution in [1.82, 2.24) is 25.2 Å². The minimum Gasteiger partial charge on any atom is -0.446 e. The Bertz CT molecular complexity index is 452. The average molecular weight is 203 g/mol. The number of tetrazole rings is 1. The molecule has 0 aliphatic rings. The van der Waals surface area contributed by atoms with Crippen molar-refractivity contribution in [2.45, 2.75) is 6.82 Å². The summed E-state index contributed by atoms with van der Waals surface area (Å²) >= 11 is 0. The predicted octanol–water partition coefficient (Wildman–Crippen LogP) is -0.907. The molecule has 7 heteroatoms.